The van der Waals surface area contributed by atoms with E-state index in [4.69, 9.17) is 0 Å². The lowest BCUT2D eigenvalue weighted by Gasteiger charge is -2.13. The number of aryl methyl sites for hydroxylation is 1. The van der Waals surface area contributed by atoms with E-state index in [1.807, 2.05) is 25.1 Å². The molecule has 1 saturated heterocycles. The lowest BCUT2D eigenvalue weighted by Crippen LogP contribution is -2.36. The van der Waals surface area contributed by atoms with E-state index < -0.39 is 0 Å². The van der Waals surface area contributed by atoms with E-state index in [2.05, 4.69) is 40.6 Å². The first kappa shape index (κ1) is 15.7. The van der Waals surface area contributed by atoms with E-state index in [0.29, 0.717) is 11.7 Å². The highest BCUT2D eigenvalue weighted by Gasteiger charge is 2.22. The summed E-state index contributed by atoms with van der Waals surface area (Å²) in [6.45, 7) is 7.91. The van der Waals surface area contributed by atoms with Crippen LogP contribution in [0.3, 0.4) is 0 Å². The molecule has 1 aliphatic rings. The number of hydrogen-bond acceptors (Lipinski definition) is 4. The Morgan fingerprint density at radius 1 is 1.39 bits per heavy atom. The summed E-state index contributed by atoms with van der Waals surface area (Å²) in [7, 11) is 0. The first-order chi connectivity index (χ1) is 11.1. The second kappa shape index (κ2) is 6.50. The lowest BCUT2D eigenvalue weighted by atomic mass is 10.0. The van der Waals surface area contributed by atoms with Crippen LogP contribution in [0.25, 0.3) is 5.69 Å². The molecule has 0 radical (unpaired) electrons. The average molecular weight is 313 g/mol. The summed E-state index contributed by atoms with van der Waals surface area (Å²) in [4.78, 5) is 16.7. The van der Waals surface area contributed by atoms with Gasteiger partial charge in [-0.1, -0.05) is 32.0 Å². The molecule has 0 bridgehead atoms. The molecule has 1 fully saturated rings. The first-order valence-corrected chi connectivity index (χ1v) is 8.11. The minimum absolute atomic E-state index is 0.165. The Morgan fingerprint density at radius 2 is 2.17 bits per heavy atom. The van der Waals surface area contributed by atoms with Gasteiger partial charge in [0, 0.05) is 12.6 Å². The number of benzene rings is 1. The van der Waals surface area contributed by atoms with E-state index in [-0.39, 0.29) is 17.8 Å². The molecule has 3 rings (SSSR count). The van der Waals surface area contributed by atoms with Crippen molar-refractivity contribution in [3.05, 3.63) is 41.5 Å². The Bertz CT molecular complexity index is 701. The van der Waals surface area contributed by atoms with Crippen molar-refractivity contribution in [1.29, 1.82) is 0 Å². The maximum absolute atomic E-state index is 12.3. The maximum Gasteiger partial charge on any atom is 0.291 e. The van der Waals surface area contributed by atoms with Gasteiger partial charge in [0.05, 0.1) is 5.69 Å². The molecule has 1 aromatic heterocycles. The molecular weight excluding hydrogens is 290 g/mol. The van der Waals surface area contributed by atoms with Crippen LogP contribution in [0, 0.1) is 6.92 Å². The van der Waals surface area contributed by atoms with Gasteiger partial charge in [-0.25, -0.2) is 9.67 Å². The van der Waals surface area contributed by atoms with Crippen molar-refractivity contribution in [3.8, 4) is 5.69 Å². The molecule has 1 aromatic carbocycles. The minimum atomic E-state index is -0.206. The minimum Gasteiger partial charge on any atom is -0.345 e. The molecular formula is C17H23N5O. The van der Waals surface area contributed by atoms with Crippen molar-refractivity contribution >= 4 is 5.91 Å². The number of nitrogens with zero attached hydrogens (tertiary/aromatic N) is 3. The van der Waals surface area contributed by atoms with Gasteiger partial charge in [0.2, 0.25) is 5.82 Å². The van der Waals surface area contributed by atoms with Gasteiger partial charge >= 0.3 is 0 Å². The smallest absolute Gasteiger partial charge is 0.291 e. The molecule has 2 aromatic rings. The summed E-state index contributed by atoms with van der Waals surface area (Å²) in [5.41, 5.74) is 2.17. The lowest BCUT2D eigenvalue weighted by molar-refractivity contribution is 0.0929. The maximum atomic E-state index is 12.3. The van der Waals surface area contributed by atoms with Crippen molar-refractivity contribution in [2.24, 2.45) is 0 Å². The second-order valence-corrected chi connectivity index (χ2v) is 6.27. The van der Waals surface area contributed by atoms with E-state index in [1.54, 1.807) is 4.68 Å². The summed E-state index contributed by atoms with van der Waals surface area (Å²) in [6, 6.07) is 8.26. The summed E-state index contributed by atoms with van der Waals surface area (Å²) >= 11 is 0. The van der Waals surface area contributed by atoms with Gasteiger partial charge in [0.15, 0.2) is 0 Å². The van der Waals surface area contributed by atoms with Crippen LogP contribution in [0.2, 0.25) is 0 Å². The van der Waals surface area contributed by atoms with E-state index in [0.717, 1.165) is 25.2 Å². The Morgan fingerprint density at radius 3 is 2.87 bits per heavy atom. The topological polar surface area (TPSA) is 71.8 Å². The molecule has 1 unspecified atom stereocenters. The molecule has 0 spiro atoms. The monoisotopic (exact) mass is 313 g/mol. The molecule has 6 nitrogen and oxygen atoms in total. The molecule has 0 aliphatic carbocycles. The standard InChI is InChI=1S/C17H23N5O/c1-11(2)14-6-4-5-7-15(14)22-12(3)19-16(21-22)17(23)20-13-8-9-18-10-13/h4-7,11,13,18H,8-10H2,1-3H3,(H,20,23). The molecule has 2 heterocycles. The van der Waals surface area contributed by atoms with Gasteiger partial charge in [0.25, 0.3) is 5.91 Å². The third-order valence-electron chi connectivity index (χ3n) is 4.15. The highest BCUT2D eigenvalue weighted by Crippen LogP contribution is 2.23. The van der Waals surface area contributed by atoms with Crippen molar-refractivity contribution < 1.29 is 4.79 Å². The summed E-state index contributed by atoms with van der Waals surface area (Å²) < 4.78 is 1.76. The fraction of sp³-hybridized carbons (Fsp3) is 0.471. The molecule has 0 saturated carbocycles. The van der Waals surface area contributed by atoms with E-state index >= 15 is 0 Å². The number of para-hydroxylation sites is 1. The van der Waals surface area contributed by atoms with Crippen LogP contribution >= 0.6 is 0 Å². The zero-order valence-electron chi connectivity index (χ0n) is 13.8. The highest BCUT2D eigenvalue weighted by molar-refractivity contribution is 5.90. The van der Waals surface area contributed by atoms with Gasteiger partial charge in [-0.15, -0.1) is 5.10 Å². The predicted molar refractivity (Wildman–Crippen MR) is 88.9 cm³/mol. The third-order valence-corrected chi connectivity index (χ3v) is 4.15. The third kappa shape index (κ3) is 3.27. The Balaban J connectivity index is 1.88. The number of rotatable bonds is 4. The normalized spacial score (nSPS) is 17.7. The molecule has 122 valence electrons. The van der Waals surface area contributed by atoms with Crippen LogP contribution < -0.4 is 10.6 Å². The van der Waals surface area contributed by atoms with E-state index in [1.165, 1.54) is 5.56 Å². The largest absolute Gasteiger partial charge is 0.345 e. The van der Waals surface area contributed by atoms with Crippen LogP contribution in [0.5, 0.6) is 0 Å². The SMILES string of the molecule is Cc1nc(C(=O)NC2CCNC2)nn1-c1ccccc1C(C)C. The van der Waals surface area contributed by atoms with Crippen molar-refractivity contribution in [2.45, 2.75) is 39.2 Å². The Hall–Kier alpha value is -2.21. The number of hydrogen-bond donors (Lipinski definition) is 2. The van der Waals surface area contributed by atoms with Crippen LogP contribution in [0.1, 0.15) is 48.2 Å². The quantitative estimate of drug-likeness (QED) is 0.903. The Labute approximate surface area is 136 Å². The zero-order valence-corrected chi connectivity index (χ0v) is 13.8. The summed E-state index contributed by atoms with van der Waals surface area (Å²) in [6.07, 6.45) is 0.946. The van der Waals surface area contributed by atoms with Gasteiger partial charge in [-0.05, 0) is 37.4 Å². The van der Waals surface area contributed by atoms with Crippen LogP contribution in [-0.2, 0) is 0 Å². The first-order valence-electron chi connectivity index (χ1n) is 8.11. The van der Waals surface area contributed by atoms with Gasteiger partial charge in [-0.2, -0.15) is 0 Å². The van der Waals surface area contributed by atoms with Gasteiger partial charge in [0.1, 0.15) is 5.82 Å². The van der Waals surface area contributed by atoms with Crippen LogP contribution in [-0.4, -0.2) is 39.8 Å². The van der Waals surface area contributed by atoms with Crippen molar-refractivity contribution in [2.75, 3.05) is 13.1 Å². The second-order valence-electron chi connectivity index (χ2n) is 6.27. The molecule has 1 atom stereocenters. The number of carbonyl (C=O) groups excluding carboxylic acids is 1. The Kier molecular flexibility index (Phi) is 4.43. The number of carbonyl (C=O) groups is 1. The summed E-state index contributed by atoms with van der Waals surface area (Å²) in [5.74, 6) is 1.11. The van der Waals surface area contributed by atoms with Crippen LogP contribution in [0.4, 0.5) is 0 Å². The fourth-order valence-corrected chi connectivity index (χ4v) is 2.91. The van der Waals surface area contributed by atoms with Crippen LogP contribution in [0.15, 0.2) is 24.3 Å². The van der Waals surface area contributed by atoms with E-state index in [9.17, 15) is 4.79 Å². The molecule has 2 N–H and O–H groups in total. The number of aromatic nitrogens is 3. The molecule has 6 heteroatoms. The number of amides is 1. The molecule has 23 heavy (non-hydrogen) atoms. The van der Waals surface area contributed by atoms with Crippen molar-refractivity contribution in [1.82, 2.24) is 25.4 Å². The average Bonchev–Trinajstić information content (AvgIpc) is 3.16. The highest BCUT2D eigenvalue weighted by atomic mass is 16.2. The summed E-state index contributed by atoms with van der Waals surface area (Å²) in [5, 5.41) is 10.7. The van der Waals surface area contributed by atoms with Gasteiger partial charge < -0.3 is 10.6 Å². The zero-order chi connectivity index (χ0) is 16.4. The predicted octanol–water partition coefficient (Wildman–Crippen LogP) is 1.79. The fourth-order valence-electron chi connectivity index (χ4n) is 2.91. The molecule has 1 aliphatic heterocycles. The van der Waals surface area contributed by atoms with Gasteiger partial charge in [-0.3, -0.25) is 4.79 Å². The molecule has 1 amide bonds. The number of nitrogens with one attached hydrogen (secondary N) is 2. The van der Waals surface area contributed by atoms with Crippen molar-refractivity contribution in [3.63, 3.8) is 0 Å².